The third-order valence-electron chi connectivity index (χ3n) is 2.12. The summed E-state index contributed by atoms with van der Waals surface area (Å²) in [6.07, 6.45) is 0. The average Bonchev–Trinajstić information content (AvgIpc) is 2.50. The maximum absolute atomic E-state index is 5.83. The molecule has 1 atom stereocenters. The standard InChI is InChI=1S/C10H13NO2/c1-2-12-9-5-3-4-7-8(11)6-13-10(7)9/h3-5,8H,2,6,11H2,1H3/t8-/m0/s1. The number of para-hydroxylation sites is 1. The minimum absolute atomic E-state index is 0.00425. The van der Waals surface area contributed by atoms with Crippen molar-refractivity contribution in [2.24, 2.45) is 5.73 Å². The van der Waals surface area contributed by atoms with Crippen LogP contribution in [0.25, 0.3) is 0 Å². The fourth-order valence-corrected chi connectivity index (χ4v) is 1.51. The average molecular weight is 179 g/mol. The Kier molecular flexibility index (Phi) is 2.10. The van der Waals surface area contributed by atoms with Crippen molar-refractivity contribution in [3.63, 3.8) is 0 Å². The van der Waals surface area contributed by atoms with Crippen LogP contribution in [0.2, 0.25) is 0 Å². The number of fused-ring (bicyclic) bond motifs is 1. The molecule has 0 spiro atoms. The first-order valence-corrected chi connectivity index (χ1v) is 4.47. The Labute approximate surface area is 77.5 Å². The van der Waals surface area contributed by atoms with Crippen LogP contribution in [0.5, 0.6) is 11.5 Å². The van der Waals surface area contributed by atoms with Crippen LogP contribution in [0.4, 0.5) is 0 Å². The number of rotatable bonds is 2. The molecule has 1 aromatic carbocycles. The summed E-state index contributed by atoms with van der Waals surface area (Å²) in [5.74, 6) is 1.62. The molecule has 0 bridgehead atoms. The molecule has 1 aliphatic rings. The lowest BCUT2D eigenvalue weighted by Gasteiger charge is -2.07. The van der Waals surface area contributed by atoms with Crippen molar-refractivity contribution in [2.75, 3.05) is 13.2 Å². The van der Waals surface area contributed by atoms with Crippen molar-refractivity contribution in [1.29, 1.82) is 0 Å². The number of ether oxygens (including phenoxy) is 2. The van der Waals surface area contributed by atoms with E-state index in [9.17, 15) is 0 Å². The molecule has 1 heterocycles. The highest BCUT2D eigenvalue weighted by molar-refractivity contribution is 5.50. The Bertz CT molecular complexity index is 312. The van der Waals surface area contributed by atoms with E-state index in [1.54, 1.807) is 0 Å². The normalized spacial score (nSPS) is 19.4. The van der Waals surface area contributed by atoms with Crippen molar-refractivity contribution in [3.05, 3.63) is 23.8 Å². The maximum atomic E-state index is 5.83. The largest absolute Gasteiger partial charge is 0.490 e. The molecular formula is C10H13NO2. The molecule has 13 heavy (non-hydrogen) atoms. The van der Waals surface area contributed by atoms with Crippen LogP contribution in [-0.4, -0.2) is 13.2 Å². The molecule has 2 rings (SSSR count). The smallest absolute Gasteiger partial charge is 0.166 e. The monoisotopic (exact) mass is 179 g/mol. The molecule has 0 amide bonds. The van der Waals surface area contributed by atoms with Gasteiger partial charge in [-0.05, 0) is 13.0 Å². The zero-order chi connectivity index (χ0) is 9.26. The van der Waals surface area contributed by atoms with Crippen LogP contribution in [0.3, 0.4) is 0 Å². The Hall–Kier alpha value is -1.22. The Morgan fingerprint density at radius 2 is 2.46 bits per heavy atom. The predicted octanol–water partition coefficient (Wildman–Crippen LogP) is 1.48. The van der Waals surface area contributed by atoms with E-state index in [1.807, 2.05) is 25.1 Å². The predicted molar refractivity (Wildman–Crippen MR) is 50.0 cm³/mol. The third kappa shape index (κ3) is 1.35. The van der Waals surface area contributed by atoms with E-state index in [4.69, 9.17) is 15.2 Å². The lowest BCUT2D eigenvalue weighted by molar-refractivity contribution is 0.290. The van der Waals surface area contributed by atoms with Gasteiger partial charge >= 0.3 is 0 Å². The fourth-order valence-electron chi connectivity index (χ4n) is 1.51. The minimum atomic E-state index is -0.00425. The number of benzene rings is 1. The highest BCUT2D eigenvalue weighted by Gasteiger charge is 2.23. The van der Waals surface area contributed by atoms with Gasteiger partial charge in [-0.25, -0.2) is 0 Å². The molecule has 2 N–H and O–H groups in total. The molecular weight excluding hydrogens is 166 g/mol. The van der Waals surface area contributed by atoms with Crippen molar-refractivity contribution < 1.29 is 9.47 Å². The van der Waals surface area contributed by atoms with Gasteiger partial charge in [0.05, 0.1) is 12.6 Å². The second kappa shape index (κ2) is 3.26. The van der Waals surface area contributed by atoms with E-state index in [0.717, 1.165) is 17.1 Å². The Morgan fingerprint density at radius 3 is 3.23 bits per heavy atom. The summed E-state index contributed by atoms with van der Waals surface area (Å²) < 4.78 is 10.9. The van der Waals surface area contributed by atoms with Gasteiger partial charge in [-0.1, -0.05) is 12.1 Å². The third-order valence-corrected chi connectivity index (χ3v) is 2.12. The van der Waals surface area contributed by atoms with Crippen LogP contribution in [-0.2, 0) is 0 Å². The minimum Gasteiger partial charge on any atom is -0.490 e. The Morgan fingerprint density at radius 1 is 1.62 bits per heavy atom. The van der Waals surface area contributed by atoms with E-state index >= 15 is 0 Å². The van der Waals surface area contributed by atoms with Crippen LogP contribution in [0, 0.1) is 0 Å². The molecule has 0 saturated heterocycles. The molecule has 3 heteroatoms. The van der Waals surface area contributed by atoms with Crippen LogP contribution >= 0.6 is 0 Å². The van der Waals surface area contributed by atoms with E-state index in [1.165, 1.54) is 0 Å². The van der Waals surface area contributed by atoms with Gasteiger partial charge in [0.2, 0.25) is 0 Å². The lowest BCUT2D eigenvalue weighted by atomic mass is 10.1. The van der Waals surface area contributed by atoms with Gasteiger partial charge in [-0.2, -0.15) is 0 Å². The summed E-state index contributed by atoms with van der Waals surface area (Å²) in [5, 5.41) is 0. The van der Waals surface area contributed by atoms with Crippen molar-refractivity contribution in [3.8, 4) is 11.5 Å². The molecule has 0 aliphatic carbocycles. The van der Waals surface area contributed by atoms with Gasteiger partial charge in [0.15, 0.2) is 11.5 Å². The number of hydrogen-bond acceptors (Lipinski definition) is 3. The highest BCUT2D eigenvalue weighted by atomic mass is 16.5. The zero-order valence-corrected chi connectivity index (χ0v) is 7.62. The van der Waals surface area contributed by atoms with Crippen molar-refractivity contribution >= 4 is 0 Å². The first-order valence-electron chi connectivity index (χ1n) is 4.47. The second-order valence-corrected chi connectivity index (χ2v) is 3.03. The van der Waals surface area contributed by atoms with Gasteiger partial charge in [-0.15, -0.1) is 0 Å². The zero-order valence-electron chi connectivity index (χ0n) is 7.62. The molecule has 1 aliphatic heterocycles. The van der Waals surface area contributed by atoms with Gasteiger partial charge in [0.25, 0.3) is 0 Å². The quantitative estimate of drug-likeness (QED) is 0.747. The summed E-state index contributed by atoms with van der Waals surface area (Å²) in [4.78, 5) is 0. The van der Waals surface area contributed by atoms with Crippen LogP contribution in [0.1, 0.15) is 18.5 Å². The molecule has 0 fully saturated rings. The summed E-state index contributed by atoms with van der Waals surface area (Å²) in [5.41, 5.74) is 6.88. The fraction of sp³-hybridized carbons (Fsp3) is 0.400. The molecule has 3 nitrogen and oxygen atoms in total. The highest BCUT2D eigenvalue weighted by Crippen LogP contribution is 2.38. The van der Waals surface area contributed by atoms with E-state index < -0.39 is 0 Å². The second-order valence-electron chi connectivity index (χ2n) is 3.03. The first kappa shape index (κ1) is 8.38. The molecule has 0 aromatic heterocycles. The number of hydrogen-bond donors (Lipinski definition) is 1. The maximum Gasteiger partial charge on any atom is 0.166 e. The first-order chi connectivity index (χ1) is 6.33. The molecule has 0 radical (unpaired) electrons. The van der Waals surface area contributed by atoms with Crippen molar-refractivity contribution in [2.45, 2.75) is 13.0 Å². The van der Waals surface area contributed by atoms with Crippen molar-refractivity contribution in [1.82, 2.24) is 0 Å². The van der Waals surface area contributed by atoms with E-state index in [2.05, 4.69) is 0 Å². The molecule has 0 saturated carbocycles. The van der Waals surface area contributed by atoms with Crippen LogP contribution < -0.4 is 15.2 Å². The molecule has 1 aromatic rings. The lowest BCUT2D eigenvalue weighted by Crippen LogP contribution is -2.10. The number of nitrogens with two attached hydrogens (primary N) is 1. The van der Waals surface area contributed by atoms with E-state index in [0.29, 0.717) is 13.2 Å². The van der Waals surface area contributed by atoms with Crippen LogP contribution in [0.15, 0.2) is 18.2 Å². The molecule has 70 valence electrons. The SMILES string of the molecule is CCOc1cccc2c1OC[C@@H]2N. The van der Waals surface area contributed by atoms with Gasteiger partial charge in [0, 0.05) is 5.56 Å². The van der Waals surface area contributed by atoms with Gasteiger partial charge in [0.1, 0.15) is 6.61 Å². The summed E-state index contributed by atoms with van der Waals surface area (Å²) in [7, 11) is 0. The summed E-state index contributed by atoms with van der Waals surface area (Å²) in [6.45, 7) is 3.16. The topological polar surface area (TPSA) is 44.5 Å². The Balaban J connectivity index is 2.38. The van der Waals surface area contributed by atoms with Gasteiger partial charge in [-0.3, -0.25) is 0 Å². The summed E-state index contributed by atoms with van der Waals surface area (Å²) >= 11 is 0. The van der Waals surface area contributed by atoms with E-state index in [-0.39, 0.29) is 6.04 Å². The molecule has 0 unspecified atom stereocenters. The summed E-state index contributed by atoms with van der Waals surface area (Å²) in [6, 6.07) is 5.82. The van der Waals surface area contributed by atoms with Gasteiger partial charge < -0.3 is 15.2 Å².